The van der Waals surface area contributed by atoms with E-state index < -0.39 is 15.8 Å². The van der Waals surface area contributed by atoms with Crippen LogP contribution in [0.3, 0.4) is 0 Å². The van der Waals surface area contributed by atoms with Crippen LogP contribution in [-0.4, -0.2) is 35.6 Å². The van der Waals surface area contributed by atoms with Crippen molar-refractivity contribution in [3.63, 3.8) is 0 Å². The molecule has 1 aliphatic heterocycles. The molecule has 0 bridgehead atoms. The first kappa shape index (κ1) is 18.9. The van der Waals surface area contributed by atoms with E-state index in [4.69, 9.17) is 0 Å². The molecule has 146 valence electrons. The zero-order valence-corrected chi connectivity index (χ0v) is 16.6. The zero-order chi connectivity index (χ0) is 20.8. The Hall–Kier alpha value is -3.45. The smallest absolute Gasteiger partial charge is 0.265 e. The van der Waals surface area contributed by atoms with E-state index in [0.717, 1.165) is 21.1 Å². The maximum absolute atomic E-state index is 13.2. The van der Waals surface area contributed by atoms with Gasteiger partial charge in [-0.15, -0.1) is 0 Å². The van der Waals surface area contributed by atoms with E-state index in [-0.39, 0.29) is 27.5 Å². The Morgan fingerprint density at radius 3 is 2.48 bits per heavy atom. The summed E-state index contributed by atoms with van der Waals surface area (Å²) in [7, 11) is -2.67. The number of carbonyl (C=O) groups is 1. The van der Waals surface area contributed by atoms with Gasteiger partial charge in [-0.25, -0.2) is 8.42 Å². The van der Waals surface area contributed by atoms with Gasteiger partial charge in [-0.05, 0) is 36.8 Å². The number of rotatable bonds is 3. The van der Waals surface area contributed by atoms with Crippen molar-refractivity contribution in [3.05, 3.63) is 89.4 Å². The summed E-state index contributed by atoms with van der Waals surface area (Å²) in [5.74, 6) is -0.933. The molecule has 0 saturated heterocycles. The molecular formula is C22H18N2O4S. The van der Waals surface area contributed by atoms with Gasteiger partial charge in [-0.1, -0.05) is 36.4 Å². The van der Waals surface area contributed by atoms with Gasteiger partial charge in [0.15, 0.2) is 5.76 Å². The van der Waals surface area contributed by atoms with Gasteiger partial charge >= 0.3 is 0 Å². The number of carbonyl (C=O) groups excluding carboxylic acids is 1. The van der Waals surface area contributed by atoms with Gasteiger partial charge in [0.1, 0.15) is 5.70 Å². The highest BCUT2D eigenvalue weighted by molar-refractivity contribution is 7.89. The monoisotopic (exact) mass is 406 g/mol. The Morgan fingerprint density at radius 2 is 1.72 bits per heavy atom. The van der Waals surface area contributed by atoms with Crippen LogP contribution in [0.1, 0.15) is 21.6 Å². The molecule has 7 heteroatoms. The molecule has 0 saturated carbocycles. The molecular weight excluding hydrogens is 388 g/mol. The van der Waals surface area contributed by atoms with Crippen LogP contribution in [0.2, 0.25) is 0 Å². The molecule has 29 heavy (non-hydrogen) atoms. The lowest BCUT2D eigenvalue weighted by molar-refractivity contribution is 0.101. The summed E-state index contributed by atoms with van der Waals surface area (Å²) in [5.41, 5.74) is 2.58. The van der Waals surface area contributed by atoms with E-state index in [9.17, 15) is 18.3 Å². The van der Waals surface area contributed by atoms with Crippen molar-refractivity contribution in [3.8, 4) is 11.1 Å². The lowest BCUT2D eigenvalue weighted by atomic mass is 9.98. The number of aromatic nitrogens is 1. The summed E-state index contributed by atoms with van der Waals surface area (Å²) >= 11 is 0. The lowest BCUT2D eigenvalue weighted by Crippen LogP contribution is -2.35. The third-order valence-electron chi connectivity index (χ3n) is 4.98. The molecule has 4 rings (SSSR count). The molecule has 2 heterocycles. The van der Waals surface area contributed by atoms with Gasteiger partial charge in [0, 0.05) is 35.6 Å². The predicted octanol–water partition coefficient (Wildman–Crippen LogP) is 3.80. The van der Waals surface area contributed by atoms with Crippen LogP contribution in [-0.2, 0) is 10.0 Å². The first-order valence-electron chi connectivity index (χ1n) is 8.90. The topological polar surface area (TPSA) is 87.6 Å². The number of benzene rings is 2. The number of aryl methyl sites for hydroxylation is 1. The average molecular weight is 406 g/mol. The summed E-state index contributed by atoms with van der Waals surface area (Å²) in [4.78, 5) is 17.5. The maximum Gasteiger partial charge on any atom is 0.265 e. The minimum Gasteiger partial charge on any atom is -0.505 e. The summed E-state index contributed by atoms with van der Waals surface area (Å²) in [5, 5.41) is 10.7. The van der Waals surface area contributed by atoms with Crippen molar-refractivity contribution in [1.82, 2.24) is 9.29 Å². The molecule has 0 aliphatic carbocycles. The van der Waals surface area contributed by atoms with Crippen molar-refractivity contribution >= 4 is 21.6 Å². The van der Waals surface area contributed by atoms with Crippen molar-refractivity contribution < 1.29 is 18.3 Å². The van der Waals surface area contributed by atoms with Crippen LogP contribution in [0.4, 0.5) is 0 Å². The number of ketones is 1. The number of likely N-dealkylation sites (N-methyl/N-ethyl adjacent to an activating group) is 1. The fourth-order valence-electron chi connectivity index (χ4n) is 3.44. The van der Waals surface area contributed by atoms with Gasteiger partial charge in [0.2, 0.25) is 5.78 Å². The Kier molecular flexibility index (Phi) is 4.47. The first-order chi connectivity index (χ1) is 13.8. The molecule has 1 N–H and O–H groups in total. The SMILES string of the molecule is Cc1ncccc1-c1cccc(C(=O)C2=C(O)c3ccccc3S(=O)(=O)N2C)c1. The molecule has 0 radical (unpaired) electrons. The average Bonchev–Trinajstić information content (AvgIpc) is 2.73. The second-order valence-corrected chi connectivity index (χ2v) is 8.65. The summed E-state index contributed by atoms with van der Waals surface area (Å²) in [6, 6.07) is 16.6. The molecule has 0 atom stereocenters. The number of hydrogen-bond acceptors (Lipinski definition) is 5. The second-order valence-electron chi connectivity index (χ2n) is 6.71. The van der Waals surface area contributed by atoms with Gasteiger partial charge in [0.25, 0.3) is 10.0 Å². The second kappa shape index (κ2) is 6.86. The fourth-order valence-corrected chi connectivity index (χ4v) is 4.83. The first-order valence-corrected chi connectivity index (χ1v) is 10.3. The number of fused-ring (bicyclic) bond motifs is 1. The number of aliphatic hydroxyl groups is 1. The number of nitrogens with zero attached hydrogens (tertiary/aromatic N) is 2. The van der Waals surface area contributed by atoms with Gasteiger partial charge < -0.3 is 5.11 Å². The Bertz CT molecular complexity index is 1280. The van der Waals surface area contributed by atoms with Crippen LogP contribution >= 0.6 is 0 Å². The minimum absolute atomic E-state index is 0.0312. The van der Waals surface area contributed by atoms with Crippen molar-refractivity contribution in [2.24, 2.45) is 0 Å². The lowest BCUT2D eigenvalue weighted by Gasteiger charge is -2.28. The maximum atomic E-state index is 13.2. The van der Waals surface area contributed by atoms with Crippen LogP contribution in [0.5, 0.6) is 0 Å². The third-order valence-corrected chi connectivity index (χ3v) is 6.79. The van der Waals surface area contributed by atoms with Crippen LogP contribution in [0.25, 0.3) is 16.9 Å². The largest absolute Gasteiger partial charge is 0.505 e. The molecule has 6 nitrogen and oxygen atoms in total. The number of sulfonamides is 1. The Balaban J connectivity index is 1.85. The normalized spacial score (nSPS) is 15.2. The number of hydrogen-bond donors (Lipinski definition) is 1. The third kappa shape index (κ3) is 3.00. The van der Waals surface area contributed by atoms with E-state index in [1.807, 2.05) is 25.1 Å². The molecule has 0 fully saturated rings. The highest BCUT2D eigenvalue weighted by atomic mass is 32.2. The van der Waals surface area contributed by atoms with E-state index >= 15 is 0 Å². The summed E-state index contributed by atoms with van der Waals surface area (Å²) in [6.45, 7) is 1.87. The van der Waals surface area contributed by atoms with E-state index in [1.54, 1.807) is 36.5 Å². The van der Waals surface area contributed by atoms with Crippen molar-refractivity contribution in [1.29, 1.82) is 0 Å². The standard InChI is InChI=1S/C22H18N2O4S/c1-14-17(10-6-12-23-14)15-7-5-8-16(13-15)21(25)20-22(26)18-9-3-4-11-19(18)29(27,28)24(20)2/h3-13,26H,1-2H3. The van der Waals surface area contributed by atoms with Crippen LogP contribution in [0.15, 0.2) is 77.5 Å². The molecule has 1 aliphatic rings. The van der Waals surface area contributed by atoms with E-state index in [0.29, 0.717) is 0 Å². The number of Topliss-reactive ketones (excluding diaryl/α,β-unsaturated/α-hetero) is 1. The molecule has 3 aromatic rings. The Morgan fingerprint density at radius 1 is 1.00 bits per heavy atom. The van der Waals surface area contributed by atoms with E-state index in [1.165, 1.54) is 19.2 Å². The molecule has 1 aromatic heterocycles. The van der Waals surface area contributed by atoms with Crippen LogP contribution < -0.4 is 0 Å². The molecule has 0 spiro atoms. The number of allylic oxidation sites excluding steroid dienone is 1. The van der Waals surface area contributed by atoms with Crippen molar-refractivity contribution in [2.45, 2.75) is 11.8 Å². The fraction of sp³-hybridized carbons (Fsp3) is 0.0909. The molecule has 2 aromatic carbocycles. The Labute approximate surface area is 168 Å². The summed E-state index contributed by atoms with van der Waals surface area (Å²) in [6.07, 6.45) is 1.69. The number of pyridine rings is 1. The highest BCUT2D eigenvalue weighted by Crippen LogP contribution is 2.36. The summed E-state index contributed by atoms with van der Waals surface area (Å²) < 4.78 is 26.5. The van der Waals surface area contributed by atoms with Crippen LogP contribution in [0, 0.1) is 6.92 Å². The quantitative estimate of drug-likeness (QED) is 0.669. The van der Waals surface area contributed by atoms with Gasteiger partial charge in [-0.2, -0.15) is 0 Å². The zero-order valence-electron chi connectivity index (χ0n) is 15.8. The minimum atomic E-state index is -3.94. The molecule has 0 amide bonds. The predicted molar refractivity (Wildman–Crippen MR) is 110 cm³/mol. The highest BCUT2D eigenvalue weighted by Gasteiger charge is 2.37. The van der Waals surface area contributed by atoms with Gasteiger partial charge in [0.05, 0.1) is 4.90 Å². The molecule has 0 unspecified atom stereocenters. The van der Waals surface area contributed by atoms with Gasteiger partial charge in [-0.3, -0.25) is 14.1 Å². The van der Waals surface area contributed by atoms with E-state index in [2.05, 4.69) is 4.98 Å². The van der Waals surface area contributed by atoms with Crippen molar-refractivity contribution in [2.75, 3.05) is 7.05 Å². The number of aliphatic hydroxyl groups excluding tert-OH is 1.